The number of alkyl halides is 2. The van der Waals surface area contributed by atoms with Crippen LogP contribution in [0.2, 0.25) is 0 Å². The molecule has 0 saturated heterocycles. The largest absolute Gasteiger partial charge is 0.754 e. The second-order valence-corrected chi connectivity index (χ2v) is 3.77. The minimum Gasteiger partial charge on any atom is -0.754 e. The lowest BCUT2D eigenvalue weighted by molar-refractivity contribution is -0.423. The highest BCUT2D eigenvalue weighted by Gasteiger charge is 2.56. The molecule has 0 unspecified atom stereocenters. The minimum absolute atomic E-state index is 0.275. The Morgan fingerprint density at radius 1 is 1.24 bits per heavy atom. The van der Waals surface area contributed by atoms with Crippen LogP contribution in [0, 0.1) is 10.1 Å². The molecule has 0 spiro atoms. The van der Waals surface area contributed by atoms with Crippen molar-refractivity contribution in [2.24, 2.45) is 0 Å². The minimum atomic E-state index is -3.30. The van der Waals surface area contributed by atoms with Crippen LogP contribution in [0.1, 0.15) is 0 Å². The van der Waals surface area contributed by atoms with Gasteiger partial charge in [-0.2, -0.15) is 8.78 Å². The SMILES string of the molecule is O=[N+]1C=CC=C2C1=C1C(=CC=CN1[O-])C2(F)F. The van der Waals surface area contributed by atoms with Gasteiger partial charge in [-0.3, -0.25) is 0 Å². The monoisotopic (exact) mass is 236 g/mol. The fraction of sp³-hybridized carbons (Fsp3) is 0.0909. The van der Waals surface area contributed by atoms with Gasteiger partial charge in [0.1, 0.15) is 11.3 Å². The maximum Gasteiger partial charge on any atom is 0.307 e. The molecule has 2 heterocycles. The normalized spacial score (nSPS) is 24.6. The molecule has 0 saturated carbocycles. The van der Waals surface area contributed by atoms with Crippen LogP contribution in [0.4, 0.5) is 8.78 Å². The first-order chi connectivity index (χ1) is 8.03. The molecule has 0 aromatic carbocycles. The molecular formula is C11H6F2N2O2. The average molecular weight is 236 g/mol. The second kappa shape index (κ2) is 2.98. The Labute approximate surface area is 94.7 Å². The summed E-state index contributed by atoms with van der Waals surface area (Å²) in [7, 11) is 0. The van der Waals surface area contributed by atoms with Crippen LogP contribution >= 0.6 is 0 Å². The molecule has 1 aliphatic carbocycles. The molecule has 4 nitrogen and oxygen atoms in total. The molecule has 0 fully saturated rings. The average Bonchev–Trinajstić information content (AvgIpc) is 2.52. The molecule has 0 aromatic heterocycles. The van der Waals surface area contributed by atoms with Gasteiger partial charge in [0.15, 0.2) is 0 Å². The van der Waals surface area contributed by atoms with Crippen molar-refractivity contribution in [2.45, 2.75) is 5.92 Å². The summed E-state index contributed by atoms with van der Waals surface area (Å²) >= 11 is 0. The topological polar surface area (TPSA) is 46.4 Å². The van der Waals surface area contributed by atoms with E-state index in [0.717, 1.165) is 24.6 Å². The lowest BCUT2D eigenvalue weighted by Crippen LogP contribution is -2.22. The first-order valence-electron chi connectivity index (χ1n) is 4.87. The summed E-state index contributed by atoms with van der Waals surface area (Å²) in [4.78, 5) is 11.5. The Kier molecular flexibility index (Phi) is 1.77. The number of halogens is 2. The van der Waals surface area contributed by atoms with Crippen molar-refractivity contribution in [2.75, 3.05) is 0 Å². The molecule has 3 rings (SSSR count). The summed E-state index contributed by atoms with van der Waals surface area (Å²) in [5.41, 5.74) is -1.41. The van der Waals surface area contributed by atoms with Crippen molar-refractivity contribution in [3.05, 3.63) is 69.4 Å². The summed E-state index contributed by atoms with van der Waals surface area (Å²) in [5, 5.41) is 11.8. The van der Waals surface area contributed by atoms with Crippen LogP contribution in [0.5, 0.6) is 0 Å². The molecule has 0 N–H and O–H groups in total. The molecule has 2 aliphatic heterocycles. The summed E-state index contributed by atoms with van der Waals surface area (Å²) in [5.74, 6) is -3.30. The summed E-state index contributed by atoms with van der Waals surface area (Å²) in [6, 6.07) is 0. The molecule has 0 amide bonds. The van der Waals surface area contributed by atoms with Crippen molar-refractivity contribution in [1.82, 2.24) is 5.06 Å². The van der Waals surface area contributed by atoms with E-state index in [1.807, 2.05) is 0 Å². The van der Waals surface area contributed by atoms with E-state index in [0.29, 0.717) is 9.82 Å². The van der Waals surface area contributed by atoms with Crippen LogP contribution in [0.3, 0.4) is 0 Å². The third-order valence-electron chi connectivity index (χ3n) is 2.82. The van der Waals surface area contributed by atoms with Crippen LogP contribution < -0.4 is 0 Å². The molecule has 17 heavy (non-hydrogen) atoms. The standard InChI is InChI=1S/C11H6F2N2O2/c12-11(13)7-3-1-5-14(16)9(7)10-8(11)4-2-6-15(10)17/h1-6H. The zero-order valence-corrected chi connectivity index (χ0v) is 8.43. The Balaban J connectivity index is 2.33. The van der Waals surface area contributed by atoms with Crippen molar-refractivity contribution in [3.8, 4) is 0 Å². The van der Waals surface area contributed by atoms with Crippen LogP contribution in [-0.2, 0) is 0 Å². The number of hydroxylamine groups is 2. The Morgan fingerprint density at radius 2 is 1.94 bits per heavy atom. The Hall–Kier alpha value is -2.08. The number of hydrogen-bond donors (Lipinski definition) is 0. The van der Waals surface area contributed by atoms with Gasteiger partial charge in [0, 0.05) is 11.0 Å². The smallest absolute Gasteiger partial charge is 0.307 e. The van der Waals surface area contributed by atoms with Crippen LogP contribution in [0.15, 0.2) is 59.2 Å². The molecule has 0 bridgehead atoms. The number of allylic oxidation sites excluding steroid dienone is 6. The fourth-order valence-corrected chi connectivity index (χ4v) is 2.09. The van der Waals surface area contributed by atoms with Gasteiger partial charge in [0.25, 0.3) is 5.70 Å². The summed E-state index contributed by atoms with van der Waals surface area (Å²) in [6.07, 6.45) is 6.98. The molecule has 0 atom stereocenters. The van der Waals surface area contributed by atoms with Gasteiger partial charge in [-0.05, 0) is 24.4 Å². The van der Waals surface area contributed by atoms with E-state index >= 15 is 0 Å². The van der Waals surface area contributed by atoms with E-state index in [1.165, 1.54) is 12.2 Å². The van der Waals surface area contributed by atoms with Gasteiger partial charge >= 0.3 is 5.92 Å². The van der Waals surface area contributed by atoms with Gasteiger partial charge in [-0.25, -0.2) is 0 Å². The van der Waals surface area contributed by atoms with Crippen molar-refractivity contribution in [3.63, 3.8) is 0 Å². The molecule has 0 aromatic rings. The molecule has 3 aliphatic rings. The second-order valence-electron chi connectivity index (χ2n) is 3.77. The fourth-order valence-electron chi connectivity index (χ4n) is 2.09. The molecule has 6 heteroatoms. The summed E-state index contributed by atoms with van der Waals surface area (Å²) in [6.45, 7) is 0. The van der Waals surface area contributed by atoms with Crippen molar-refractivity contribution in [1.29, 1.82) is 0 Å². The third-order valence-corrected chi connectivity index (χ3v) is 2.82. The number of nitroso groups, excluding NO2 is 1. The predicted molar refractivity (Wildman–Crippen MR) is 55.3 cm³/mol. The van der Waals surface area contributed by atoms with Crippen LogP contribution in [0.25, 0.3) is 0 Å². The zero-order chi connectivity index (χ0) is 12.2. The maximum absolute atomic E-state index is 14.0. The Morgan fingerprint density at radius 3 is 2.71 bits per heavy atom. The lowest BCUT2D eigenvalue weighted by atomic mass is 10.0. The number of nitrogens with zero attached hydrogens (tertiary/aromatic N) is 2. The molecular weight excluding hydrogens is 230 g/mol. The van der Waals surface area contributed by atoms with E-state index in [2.05, 4.69) is 0 Å². The first kappa shape index (κ1) is 10.1. The number of rotatable bonds is 0. The third kappa shape index (κ3) is 1.13. The highest BCUT2D eigenvalue weighted by atomic mass is 19.3. The lowest BCUT2D eigenvalue weighted by Gasteiger charge is -2.30. The van der Waals surface area contributed by atoms with E-state index in [-0.39, 0.29) is 11.4 Å². The number of hydrogen-bond acceptors (Lipinski definition) is 3. The van der Waals surface area contributed by atoms with Crippen molar-refractivity contribution < 1.29 is 13.5 Å². The van der Waals surface area contributed by atoms with Crippen LogP contribution in [-0.4, -0.2) is 15.7 Å². The highest BCUT2D eigenvalue weighted by molar-refractivity contribution is 5.62. The first-order valence-corrected chi connectivity index (χ1v) is 4.87. The van der Waals surface area contributed by atoms with Gasteiger partial charge < -0.3 is 10.3 Å². The molecule has 86 valence electrons. The molecule has 0 radical (unpaired) electrons. The van der Waals surface area contributed by atoms with Gasteiger partial charge in [0.05, 0.1) is 10.3 Å². The van der Waals surface area contributed by atoms with E-state index in [4.69, 9.17) is 0 Å². The predicted octanol–water partition coefficient (Wildman–Crippen LogP) is 2.33. The van der Waals surface area contributed by atoms with E-state index in [9.17, 15) is 18.9 Å². The van der Waals surface area contributed by atoms with Gasteiger partial charge in [0.2, 0.25) is 6.20 Å². The quantitative estimate of drug-likeness (QED) is 0.606. The van der Waals surface area contributed by atoms with Gasteiger partial charge in [-0.1, -0.05) is 0 Å². The van der Waals surface area contributed by atoms with E-state index < -0.39 is 17.1 Å². The zero-order valence-electron chi connectivity index (χ0n) is 8.43. The van der Waals surface area contributed by atoms with E-state index in [1.54, 1.807) is 0 Å². The summed E-state index contributed by atoms with van der Waals surface area (Å²) < 4.78 is 28.3. The maximum atomic E-state index is 14.0. The van der Waals surface area contributed by atoms with Crippen molar-refractivity contribution >= 4 is 0 Å². The Bertz CT molecular complexity index is 582. The highest BCUT2D eigenvalue weighted by Crippen LogP contribution is 2.51. The van der Waals surface area contributed by atoms with Gasteiger partial charge in [-0.15, -0.1) is 0 Å². The number of fused-ring (bicyclic) bond motifs is 2.